The van der Waals surface area contributed by atoms with Crippen molar-refractivity contribution in [2.45, 2.75) is 6.54 Å². The van der Waals surface area contributed by atoms with Gasteiger partial charge in [0.1, 0.15) is 17.3 Å². The highest BCUT2D eigenvalue weighted by atomic mass is 79.9. The Morgan fingerprint density at radius 2 is 1.97 bits per heavy atom. The number of carbonyl (C=O) groups is 2. The lowest BCUT2D eigenvalue weighted by molar-refractivity contribution is -0.384. The van der Waals surface area contributed by atoms with Crippen LogP contribution in [0.1, 0.15) is 11.3 Å². The van der Waals surface area contributed by atoms with Crippen molar-refractivity contribution in [1.82, 2.24) is 4.90 Å². The molecule has 2 amide bonds. The number of ether oxygens (including phenoxy) is 1. The van der Waals surface area contributed by atoms with E-state index >= 15 is 0 Å². The van der Waals surface area contributed by atoms with E-state index in [1.54, 1.807) is 12.1 Å². The summed E-state index contributed by atoms with van der Waals surface area (Å²) in [4.78, 5) is 37.2. The fourth-order valence-corrected chi connectivity index (χ4v) is 4.37. The van der Waals surface area contributed by atoms with Crippen LogP contribution in [0, 0.1) is 10.1 Å². The van der Waals surface area contributed by atoms with Gasteiger partial charge in [-0.25, -0.2) is 0 Å². The number of rotatable bonds is 6. The molecule has 1 fully saturated rings. The molecular weight excluding hydrogens is 500 g/mol. The van der Waals surface area contributed by atoms with Gasteiger partial charge < -0.3 is 9.15 Å². The van der Waals surface area contributed by atoms with E-state index in [9.17, 15) is 19.7 Å². The summed E-state index contributed by atoms with van der Waals surface area (Å²) in [5, 5.41) is 10.7. The molecule has 2 aromatic carbocycles. The SMILES string of the molecule is COc1ccc([N+](=O)[O-])cc1-c1ccc(/C=C2\SC(=O)N(Cc3ccccc3Br)C2=O)o1. The molecule has 162 valence electrons. The van der Waals surface area contributed by atoms with E-state index in [2.05, 4.69) is 15.9 Å². The number of nitro groups is 1. The molecule has 1 aliphatic rings. The second kappa shape index (κ2) is 9.01. The first-order valence-corrected chi connectivity index (χ1v) is 10.9. The van der Waals surface area contributed by atoms with E-state index in [0.717, 1.165) is 21.8 Å². The number of nitro benzene ring substituents is 1. The van der Waals surface area contributed by atoms with Gasteiger partial charge in [0.25, 0.3) is 16.8 Å². The Labute approximate surface area is 195 Å². The number of amides is 2. The van der Waals surface area contributed by atoms with Gasteiger partial charge in [0, 0.05) is 22.7 Å². The Kier molecular flexibility index (Phi) is 6.15. The van der Waals surface area contributed by atoms with Crippen molar-refractivity contribution in [2.24, 2.45) is 0 Å². The van der Waals surface area contributed by atoms with Gasteiger partial charge in [0.15, 0.2) is 0 Å². The van der Waals surface area contributed by atoms with Crippen molar-refractivity contribution < 1.29 is 23.7 Å². The molecule has 0 unspecified atom stereocenters. The van der Waals surface area contributed by atoms with Gasteiger partial charge in [0.05, 0.1) is 29.0 Å². The predicted octanol–water partition coefficient (Wildman–Crippen LogP) is 5.86. The number of methoxy groups -OCH3 is 1. The van der Waals surface area contributed by atoms with Gasteiger partial charge in [-0.3, -0.25) is 24.6 Å². The van der Waals surface area contributed by atoms with E-state index in [1.807, 2.05) is 24.3 Å². The zero-order valence-corrected chi connectivity index (χ0v) is 19.0. The Bertz CT molecular complexity index is 1270. The summed E-state index contributed by atoms with van der Waals surface area (Å²) in [6, 6.07) is 14.8. The molecule has 1 aliphatic heterocycles. The second-order valence-corrected chi connectivity index (χ2v) is 8.55. The van der Waals surface area contributed by atoms with Crippen LogP contribution in [0.15, 0.2) is 68.4 Å². The van der Waals surface area contributed by atoms with Crippen molar-refractivity contribution in [1.29, 1.82) is 0 Å². The number of halogens is 1. The smallest absolute Gasteiger partial charge is 0.293 e. The number of hydrogen-bond acceptors (Lipinski definition) is 7. The van der Waals surface area contributed by atoms with Crippen molar-refractivity contribution in [3.63, 3.8) is 0 Å². The molecule has 1 saturated heterocycles. The van der Waals surface area contributed by atoms with Crippen molar-refractivity contribution in [2.75, 3.05) is 7.11 Å². The lowest BCUT2D eigenvalue weighted by Crippen LogP contribution is -2.27. The second-order valence-electron chi connectivity index (χ2n) is 6.70. The standard InChI is InChI=1S/C22H15BrN2O6S/c1-30-18-8-6-14(25(28)29)10-16(18)19-9-7-15(31-19)11-20-21(26)24(22(27)32-20)12-13-4-2-3-5-17(13)23/h2-11H,12H2,1H3/b20-11-. The van der Waals surface area contributed by atoms with Crippen molar-refractivity contribution in [3.8, 4) is 17.1 Å². The van der Waals surface area contributed by atoms with Crippen LogP contribution in [0.2, 0.25) is 0 Å². The first kappa shape index (κ1) is 21.8. The molecule has 8 nitrogen and oxygen atoms in total. The molecule has 0 N–H and O–H groups in total. The number of benzene rings is 2. The summed E-state index contributed by atoms with van der Waals surface area (Å²) in [5.74, 6) is 0.663. The minimum absolute atomic E-state index is 0.105. The molecule has 32 heavy (non-hydrogen) atoms. The highest BCUT2D eigenvalue weighted by Gasteiger charge is 2.35. The Morgan fingerprint density at radius 1 is 1.19 bits per heavy atom. The molecule has 2 heterocycles. The van der Waals surface area contributed by atoms with Gasteiger partial charge in [-0.1, -0.05) is 34.1 Å². The Balaban J connectivity index is 1.59. The number of carbonyl (C=O) groups excluding carboxylic acids is 2. The maximum absolute atomic E-state index is 12.8. The van der Waals surface area contributed by atoms with E-state index < -0.39 is 10.8 Å². The highest BCUT2D eigenvalue weighted by molar-refractivity contribution is 9.10. The topological polar surface area (TPSA) is 103 Å². The fraction of sp³-hybridized carbons (Fsp3) is 0.0909. The summed E-state index contributed by atoms with van der Waals surface area (Å²) in [6.45, 7) is 0.151. The number of non-ortho nitro benzene ring substituents is 1. The average Bonchev–Trinajstić information content (AvgIpc) is 3.35. The maximum atomic E-state index is 12.8. The van der Waals surface area contributed by atoms with Crippen LogP contribution >= 0.6 is 27.7 Å². The van der Waals surface area contributed by atoms with Gasteiger partial charge in [-0.2, -0.15) is 0 Å². The molecule has 0 spiro atoms. The summed E-state index contributed by atoms with van der Waals surface area (Å²) in [6.07, 6.45) is 1.48. The summed E-state index contributed by atoms with van der Waals surface area (Å²) < 4.78 is 11.9. The number of thioether (sulfide) groups is 1. The lowest BCUT2D eigenvalue weighted by atomic mass is 10.1. The van der Waals surface area contributed by atoms with E-state index in [1.165, 1.54) is 36.3 Å². The molecule has 0 saturated carbocycles. The van der Waals surface area contributed by atoms with Crippen LogP contribution in [0.3, 0.4) is 0 Å². The zero-order chi connectivity index (χ0) is 22.8. The van der Waals surface area contributed by atoms with Crippen LogP contribution in [0.4, 0.5) is 10.5 Å². The molecular formula is C22H15BrN2O6S. The van der Waals surface area contributed by atoms with Crippen molar-refractivity contribution in [3.05, 3.63) is 85.4 Å². The van der Waals surface area contributed by atoms with Gasteiger partial charge in [-0.15, -0.1) is 0 Å². The molecule has 0 atom stereocenters. The first-order chi connectivity index (χ1) is 15.4. The van der Waals surface area contributed by atoms with E-state index in [4.69, 9.17) is 9.15 Å². The van der Waals surface area contributed by atoms with Gasteiger partial charge in [-0.05, 0) is 41.6 Å². The molecule has 3 aromatic rings. The molecule has 0 bridgehead atoms. The Morgan fingerprint density at radius 3 is 2.69 bits per heavy atom. The van der Waals surface area contributed by atoms with Gasteiger partial charge >= 0.3 is 0 Å². The van der Waals surface area contributed by atoms with Crippen LogP contribution in [-0.4, -0.2) is 28.1 Å². The molecule has 0 aliphatic carbocycles. The molecule has 4 rings (SSSR count). The van der Waals surface area contributed by atoms with E-state index in [0.29, 0.717) is 22.8 Å². The number of hydrogen-bond donors (Lipinski definition) is 0. The van der Waals surface area contributed by atoms with Crippen LogP contribution in [0.25, 0.3) is 17.4 Å². The third-order valence-electron chi connectivity index (χ3n) is 4.72. The minimum Gasteiger partial charge on any atom is -0.496 e. The van der Waals surface area contributed by atoms with E-state index in [-0.39, 0.29) is 22.4 Å². The third-order valence-corrected chi connectivity index (χ3v) is 6.40. The number of imide groups is 1. The fourth-order valence-electron chi connectivity index (χ4n) is 3.14. The minimum atomic E-state index is -0.506. The quantitative estimate of drug-likeness (QED) is 0.230. The average molecular weight is 515 g/mol. The Hall–Kier alpha value is -3.37. The third kappa shape index (κ3) is 4.32. The lowest BCUT2D eigenvalue weighted by Gasteiger charge is -2.13. The van der Waals surface area contributed by atoms with Crippen LogP contribution in [-0.2, 0) is 11.3 Å². The number of furan rings is 1. The van der Waals surface area contributed by atoms with Crippen LogP contribution in [0.5, 0.6) is 5.75 Å². The summed E-state index contributed by atoms with van der Waals surface area (Å²) in [5.41, 5.74) is 1.12. The molecule has 10 heteroatoms. The predicted molar refractivity (Wildman–Crippen MR) is 123 cm³/mol. The first-order valence-electron chi connectivity index (χ1n) is 9.29. The molecule has 1 aromatic heterocycles. The number of nitrogens with zero attached hydrogens (tertiary/aromatic N) is 2. The molecule has 0 radical (unpaired) electrons. The van der Waals surface area contributed by atoms with Crippen molar-refractivity contribution >= 4 is 50.6 Å². The van der Waals surface area contributed by atoms with Gasteiger partial charge in [0.2, 0.25) is 0 Å². The highest BCUT2D eigenvalue weighted by Crippen LogP contribution is 2.37. The monoisotopic (exact) mass is 514 g/mol. The largest absolute Gasteiger partial charge is 0.496 e. The normalized spacial score (nSPS) is 14.9. The van der Waals surface area contributed by atoms with Crippen LogP contribution < -0.4 is 4.74 Å². The maximum Gasteiger partial charge on any atom is 0.293 e. The summed E-state index contributed by atoms with van der Waals surface area (Å²) >= 11 is 4.25. The summed E-state index contributed by atoms with van der Waals surface area (Å²) in [7, 11) is 1.45. The zero-order valence-electron chi connectivity index (χ0n) is 16.6.